The molecule has 0 aliphatic carbocycles. The van der Waals surface area contributed by atoms with Gasteiger partial charge >= 0.3 is 0 Å². The Morgan fingerprint density at radius 3 is 2.49 bits per heavy atom. The fraction of sp³-hybridized carbons (Fsp3) is 0.400. The van der Waals surface area contributed by atoms with Crippen molar-refractivity contribution in [3.8, 4) is 5.75 Å². The van der Waals surface area contributed by atoms with Crippen molar-refractivity contribution in [3.63, 3.8) is 0 Å². The second-order valence-electron chi connectivity index (χ2n) is 10.3. The molecule has 1 atom stereocenters. The summed E-state index contributed by atoms with van der Waals surface area (Å²) < 4.78 is 25.5. The zero-order valence-electron chi connectivity index (χ0n) is 22.2. The first kappa shape index (κ1) is 26.5. The van der Waals surface area contributed by atoms with E-state index in [9.17, 15) is 14.0 Å². The average molecular weight is 507 g/mol. The van der Waals surface area contributed by atoms with E-state index in [-0.39, 0.29) is 48.0 Å². The van der Waals surface area contributed by atoms with Crippen LogP contribution in [0, 0.1) is 11.7 Å². The molecule has 1 aliphatic rings. The predicted molar refractivity (Wildman–Crippen MR) is 140 cm³/mol. The van der Waals surface area contributed by atoms with Gasteiger partial charge in [0, 0.05) is 26.1 Å². The third-order valence-corrected chi connectivity index (χ3v) is 6.78. The molecular formula is C30H35FN2O4. The number of halogens is 1. The fourth-order valence-corrected chi connectivity index (χ4v) is 4.56. The molecular weight excluding hydrogens is 471 g/mol. The summed E-state index contributed by atoms with van der Waals surface area (Å²) in [4.78, 5) is 29.2. The van der Waals surface area contributed by atoms with Gasteiger partial charge in [0.1, 0.15) is 23.9 Å². The molecule has 2 amide bonds. The smallest absolute Gasteiger partial charge is 0.289 e. The van der Waals surface area contributed by atoms with Gasteiger partial charge in [-0.3, -0.25) is 9.59 Å². The summed E-state index contributed by atoms with van der Waals surface area (Å²) in [5, 5.41) is 0. The topological polar surface area (TPSA) is 63.0 Å². The number of benzene rings is 2. The van der Waals surface area contributed by atoms with Crippen molar-refractivity contribution in [1.82, 2.24) is 9.80 Å². The standard InChI is InChI=1S/C30H35FN2O4/c1-19(2)16-28(34)33-15-14-21-8-11-24(17-26(21)29(33)22-6-9-23(31)10-7-22)36-18-25-12-13-27(37-25)30(35)32(5)20(3)4/h6-13,17,19-20,29H,14-16,18H2,1-5H3/t29-/m0/s1. The van der Waals surface area contributed by atoms with Gasteiger partial charge in [0.05, 0.1) is 6.04 Å². The summed E-state index contributed by atoms with van der Waals surface area (Å²) in [5.74, 6) is 1.28. The fourth-order valence-electron chi connectivity index (χ4n) is 4.56. The Kier molecular flexibility index (Phi) is 8.00. The number of hydrogen-bond acceptors (Lipinski definition) is 4. The minimum atomic E-state index is -0.321. The molecule has 0 N–H and O–H groups in total. The minimum absolute atomic E-state index is 0.0637. The Bertz CT molecular complexity index is 1250. The molecule has 1 aromatic heterocycles. The quantitative estimate of drug-likeness (QED) is 0.376. The van der Waals surface area contributed by atoms with Crippen molar-refractivity contribution in [2.45, 2.75) is 59.2 Å². The van der Waals surface area contributed by atoms with Crippen LogP contribution < -0.4 is 4.74 Å². The molecule has 196 valence electrons. The molecule has 0 saturated heterocycles. The molecule has 0 unspecified atom stereocenters. The molecule has 0 bridgehead atoms. The van der Waals surface area contributed by atoms with E-state index < -0.39 is 0 Å². The highest BCUT2D eigenvalue weighted by Crippen LogP contribution is 2.38. The Labute approximate surface area is 218 Å². The van der Waals surface area contributed by atoms with Crippen molar-refractivity contribution in [2.75, 3.05) is 13.6 Å². The number of ether oxygens (including phenoxy) is 1. The maximum absolute atomic E-state index is 13.7. The van der Waals surface area contributed by atoms with E-state index in [1.165, 1.54) is 12.1 Å². The lowest BCUT2D eigenvalue weighted by Gasteiger charge is -2.38. The Balaban J connectivity index is 1.57. The lowest BCUT2D eigenvalue weighted by molar-refractivity contribution is -0.134. The second kappa shape index (κ2) is 11.2. The first-order chi connectivity index (χ1) is 17.6. The lowest BCUT2D eigenvalue weighted by Crippen LogP contribution is -2.41. The molecule has 7 heteroatoms. The van der Waals surface area contributed by atoms with E-state index in [1.807, 2.05) is 50.8 Å². The molecule has 4 rings (SSSR count). The van der Waals surface area contributed by atoms with Crippen LogP contribution in [-0.4, -0.2) is 41.2 Å². The number of nitrogens with zero attached hydrogens (tertiary/aromatic N) is 2. The minimum Gasteiger partial charge on any atom is -0.486 e. The van der Waals surface area contributed by atoms with Crippen LogP contribution in [0.15, 0.2) is 59.0 Å². The monoisotopic (exact) mass is 506 g/mol. The second-order valence-corrected chi connectivity index (χ2v) is 10.3. The van der Waals surface area contributed by atoms with E-state index >= 15 is 0 Å². The normalized spacial score (nSPS) is 15.1. The van der Waals surface area contributed by atoms with Gasteiger partial charge in [0.25, 0.3) is 5.91 Å². The SMILES string of the molecule is CC(C)CC(=O)N1CCc2ccc(OCc3ccc(C(=O)N(C)C(C)C)o3)cc2[C@@H]1c1ccc(F)cc1. The van der Waals surface area contributed by atoms with Crippen LogP contribution >= 0.6 is 0 Å². The third-order valence-electron chi connectivity index (χ3n) is 6.78. The molecule has 6 nitrogen and oxygen atoms in total. The number of carbonyl (C=O) groups excluding carboxylic acids is 2. The van der Waals surface area contributed by atoms with E-state index in [2.05, 4.69) is 0 Å². The van der Waals surface area contributed by atoms with Crippen molar-refractivity contribution in [3.05, 3.63) is 88.6 Å². The highest BCUT2D eigenvalue weighted by Gasteiger charge is 2.32. The van der Waals surface area contributed by atoms with Crippen molar-refractivity contribution >= 4 is 11.8 Å². The van der Waals surface area contributed by atoms with E-state index in [1.54, 1.807) is 36.2 Å². The maximum atomic E-state index is 13.7. The van der Waals surface area contributed by atoms with Gasteiger partial charge in [-0.2, -0.15) is 0 Å². The van der Waals surface area contributed by atoms with E-state index in [0.717, 1.165) is 23.1 Å². The van der Waals surface area contributed by atoms with Crippen molar-refractivity contribution in [1.29, 1.82) is 0 Å². The van der Waals surface area contributed by atoms with E-state index in [4.69, 9.17) is 9.15 Å². The summed E-state index contributed by atoms with van der Waals surface area (Å²) in [5.41, 5.74) is 2.97. The first-order valence-corrected chi connectivity index (χ1v) is 12.8. The first-order valence-electron chi connectivity index (χ1n) is 12.8. The number of amides is 2. The average Bonchev–Trinajstić information content (AvgIpc) is 3.35. The van der Waals surface area contributed by atoms with Gasteiger partial charge in [0.15, 0.2) is 5.76 Å². The van der Waals surface area contributed by atoms with E-state index in [0.29, 0.717) is 24.5 Å². The number of hydrogen-bond donors (Lipinski definition) is 0. The highest BCUT2D eigenvalue weighted by molar-refractivity contribution is 5.91. The molecule has 2 aromatic carbocycles. The molecule has 2 heterocycles. The number of rotatable bonds is 8. The number of carbonyl (C=O) groups is 2. The molecule has 3 aromatic rings. The van der Waals surface area contributed by atoms with Crippen LogP contribution in [0.1, 0.15) is 73.2 Å². The summed E-state index contributed by atoms with van der Waals surface area (Å²) in [6.07, 6.45) is 1.19. The van der Waals surface area contributed by atoms with Crippen LogP contribution in [0.4, 0.5) is 4.39 Å². The van der Waals surface area contributed by atoms with Gasteiger partial charge in [-0.15, -0.1) is 0 Å². The number of furan rings is 1. The van der Waals surface area contributed by atoms with Crippen LogP contribution in [0.2, 0.25) is 0 Å². The highest BCUT2D eigenvalue weighted by atomic mass is 19.1. The van der Waals surface area contributed by atoms with Crippen LogP contribution in [0.5, 0.6) is 5.75 Å². The largest absolute Gasteiger partial charge is 0.486 e. The van der Waals surface area contributed by atoms with Crippen LogP contribution in [0.25, 0.3) is 0 Å². The number of fused-ring (bicyclic) bond motifs is 1. The Hall–Kier alpha value is -3.61. The Morgan fingerprint density at radius 1 is 1.08 bits per heavy atom. The molecule has 0 saturated carbocycles. The zero-order chi connectivity index (χ0) is 26.7. The van der Waals surface area contributed by atoms with Gasteiger partial charge in [-0.1, -0.05) is 32.0 Å². The lowest BCUT2D eigenvalue weighted by atomic mass is 9.87. The molecule has 0 radical (unpaired) electrons. The molecule has 0 spiro atoms. The summed E-state index contributed by atoms with van der Waals surface area (Å²) in [7, 11) is 1.74. The Morgan fingerprint density at radius 2 is 1.81 bits per heavy atom. The van der Waals surface area contributed by atoms with Crippen LogP contribution in [0.3, 0.4) is 0 Å². The summed E-state index contributed by atoms with van der Waals surface area (Å²) in [6.45, 7) is 8.71. The van der Waals surface area contributed by atoms with Gasteiger partial charge < -0.3 is 19.0 Å². The van der Waals surface area contributed by atoms with Gasteiger partial charge in [-0.25, -0.2) is 4.39 Å². The van der Waals surface area contributed by atoms with Crippen LogP contribution in [-0.2, 0) is 17.8 Å². The zero-order valence-corrected chi connectivity index (χ0v) is 22.2. The summed E-state index contributed by atoms with van der Waals surface area (Å²) in [6, 6.07) is 15.4. The van der Waals surface area contributed by atoms with Crippen molar-refractivity contribution < 1.29 is 23.1 Å². The molecule has 37 heavy (non-hydrogen) atoms. The van der Waals surface area contributed by atoms with Gasteiger partial charge in [-0.05, 0) is 79.3 Å². The molecule has 0 fully saturated rings. The predicted octanol–water partition coefficient (Wildman–Crippen LogP) is 6.00. The molecule has 1 aliphatic heterocycles. The maximum Gasteiger partial charge on any atom is 0.289 e. The summed E-state index contributed by atoms with van der Waals surface area (Å²) >= 11 is 0. The van der Waals surface area contributed by atoms with Gasteiger partial charge in [0.2, 0.25) is 5.91 Å². The third kappa shape index (κ3) is 6.04. The van der Waals surface area contributed by atoms with Crippen molar-refractivity contribution in [2.24, 2.45) is 5.92 Å².